The normalized spacial score (nSPS) is 14.2. The summed E-state index contributed by atoms with van der Waals surface area (Å²) in [5, 5.41) is 6.52. The van der Waals surface area contributed by atoms with E-state index in [1.165, 1.54) is 16.7 Å². The molecule has 0 saturated carbocycles. The number of rotatable bonds is 2. The van der Waals surface area contributed by atoms with Crippen LogP contribution in [0, 0.1) is 0 Å². The second kappa shape index (κ2) is 4.89. The van der Waals surface area contributed by atoms with Crippen LogP contribution in [0.2, 0.25) is 0 Å². The lowest BCUT2D eigenvalue weighted by atomic mass is 9.98. The van der Waals surface area contributed by atoms with Gasteiger partial charge >= 0.3 is 0 Å². The first kappa shape index (κ1) is 11.9. The third kappa shape index (κ3) is 2.07. The summed E-state index contributed by atoms with van der Waals surface area (Å²) >= 11 is 1.66. The summed E-state index contributed by atoms with van der Waals surface area (Å²) in [7, 11) is 0. The molecule has 0 spiro atoms. The van der Waals surface area contributed by atoms with Gasteiger partial charge in [-0.15, -0.1) is 11.3 Å². The molecule has 4 rings (SSSR count). The van der Waals surface area contributed by atoms with Crippen LogP contribution in [0.25, 0.3) is 21.8 Å². The maximum atomic E-state index is 5.12. The number of nitrogens with zero attached hydrogens (tertiary/aromatic N) is 1. The number of thiazole rings is 1. The Bertz CT molecular complexity index is 731. The third-order valence-electron chi connectivity index (χ3n) is 3.66. The highest BCUT2D eigenvalue weighted by Crippen LogP contribution is 2.30. The number of hydrogen-bond acceptors (Lipinski definition) is 4. The Balaban J connectivity index is 1.71. The van der Waals surface area contributed by atoms with Crippen molar-refractivity contribution < 1.29 is 4.42 Å². The van der Waals surface area contributed by atoms with Gasteiger partial charge in [-0.1, -0.05) is 12.1 Å². The van der Waals surface area contributed by atoms with Crippen LogP contribution in [-0.2, 0) is 13.0 Å². The topological polar surface area (TPSA) is 38.1 Å². The molecule has 2 aromatic heterocycles. The Kier molecular flexibility index (Phi) is 2.90. The molecule has 20 heavy (non-hydrogen) atoms. The first-order chi connectivity index (χ1) is 9.90. The summed E-state index contributed by atoms with van der Waals surface area (Å²) in [5.74, 6) is 0. The van der Waals surface area contributed by atoms with Crippen molar-refractivity contribution in [2.24, 2.45) is 0 Å². The highest BCUT2D eigenvalue weighted by atomic mass is 32.1. The van der Waals surface area contributed by atoms with Crippen LogP contribution in [0.3, 0.4) is 0 Å². The molecule has 3 nitrogen and oxygen atoms in total. The van der Waals surface area contributed by atoms with Crippen molar-refractivity contribution in [1.82, 2.24) is 10.3 Å². The predicted molar refractivity (Wildman–Crippen MR) is 80.7 cm³/mol. The van der Waals surface area contributed by atoms with E-state index in [0.29, 0.717) is 0 Å². The summed E-state index contributed by atoms with van der Waals surface area (Å²) in [6.07, 6.45) is 4.52. The van der Waals surface area contributed by atoms with Crippen LogP contribution >= 0.6 is 11.3 Å². The van der Waals surface area contributed by atoms with Crippen molar-refractivity contribution in [3.63, 3.8) is 0 Å². The Morgan fingerprint density at radius 1 is 1.15 bits per heavy atom. The molecule has 1 aliphatic heterocycles. The van der Waals surface area contributed by atoms with E-state index in [1.54, 1.807) is 23.9 Å². The van der Waals surface area contributed by atoms with Crippen molar-refractivity contribution in [1.29, 1.82) is 0 Å². The largest absolute Gasteiger partial charge is 0.472 e. The molecule has 4 heteroatoms. The van der Waals surface area contributed by atoms with Crippen LogP contribution in [0.5, 0.6) is 0 Å². The van der Waals surface area contributed by atoms with Crippen molar-refractivity contribution >= 4 is 11.3 Å². The molecule has 0 saturated heterocycles. The molecule has 3 heterocycles. The first-order valence-electron chi connectivity index (χ1n) is 6.71. The van der Waals surface area contributed by atoms with Gasteiger partial charge in [-0.3, -0.25) is 0 Å². The second-order valence-electron chi connectivity index (χ2n) is 4.96. The third-order valence-corrected chi connectivity index (χ3v) is 4.55. The minimum Gasteiger partial charge on any atom is -0.472 e. The highest BCUT2D eigenvalue weighted by molar-refractivity contribution is 7.13. The molecule has 1 aliphatic rings. The zero-order valence-corrected chi connectivity index (χ0v) is 11.7. The molecular formula is C16H14N2OS. The molecule has 0 aliphatic carbocycles. The summed E-state index contributed by atoms with van der Waals surface area (Å²) in [6, 6.07) is 8.61. The number of furan rings is 1. The second-order valence-corrected chi connectivity index (χ2v) is 5.82. The van der Waals surface area contributed by atoms with Crippen molar-refractivity contribution in [3.05, 3.63) is 53.3 Å². The predicted octanol–water partition coefficient (Wildman–Crippen LogP) is 3.72. The van der Waals surface area contributed by atoms with Crippen molar-refractivity contribution in [2.75, 3.05) is 6.54 Å². The Morgan fingerprint density at radius 3 is 3.05 bits per heavy atom. The van der Waals surface area contributed by atoms with E-state index in [-0.39, 0.29) is 0 Å². The van der Waals surface area contributed by atoms with Gasteiger partial charge in [-0.2, -0.15) is 0 Å². The molecule has 0 fully saturated rings. The molecule has 0 atom stereocenters. The van der Waals surface area contributed by atoms with Gasteiger partial charge < -0.3 is 9.73 Å². The van der Waals surface area contributed by atoms with Gasteiger partial charge in [0.05, 0.1) is 12.0 Å². The van der Waals surface area contributed by atoms with E-state index in [1.807, 2.05) is 6.07 Å². The average molecular weight is 282 g/mol. The van der Waals surface area contributed by atoms with Gasteiger partial charge in [-0.05, 0) is 36.2 Å². The minimum atomic E-state index is 0.979. The highest BCUT2D eigenvalue weighted by Gasteiger charge is 2.12. The van der Waals surface area contributed by atoms with E-state index < -0.39 is 0 Å². The summed E-state index contributed by atoms with van der Waals surface area (Å²) in [4.78, 5) is 4.71. The maximum Gasteiger partial charge on any atom is 0.127 e. The molecule has 0 amide bonds. The molecule has 1 aromatic carbocycles. The van der Waals surface area contributed by atoms with Crippen LogP contribution < -0.4 is 5.32 Å². The Morgan fingerprint density at radius 2 is 2.15 bits per heavy atom. The standard InChI is InChI=1S/C16H14N2OS/c1-2-13-8-17-5-3-11(13)7-12(1)15-10-20-16(18-15)14-4-6-19-9-14/h1-2,4,6-7,9-10,17H,3,5,8H2. The van der Waals surface area contributed by atoms with Crippen LogP contribution in [0.15, 0.2) is 46.6 Å². The van der Waals surface area contributed by atoms with Crippen LogP contribution in [0.4, 0.5) is 0 Å². The Hall–Kier alpha value is -1.91. The van der Waals surface area contributed by atoms with E-state index in [4.69, 9.17) is 9.40 Å². The average Bonchev–Trinajstić information content (AvgIpc) is 3.17. The van der Waals surface area contributed by atoms with Gasteiger partial charge in [0.2, 0.25) is 0 Å². The molecule has 3 aromatic rings. The zero-order chi connectivity index (χ0) is 13.4. The number of aromatic nitrogens is 1. The molecule has 1 N–H and O–H groups in total. The Labute approximate surface area is 121 Å². The summed E-state index contributed by atoms with van der Waals surface area (Å²) < 4.78 is 5.12. The number of benzene rings is 1. The number of fused-ring (bicyclic) bond motifs is 1. The van der Waals surface area contributed by atoms with Crippen LogP contribution in [-0.4, -0.2) is 11.5 Å². The first-order valence-corrected chi connectivity index (χ1v) is 7.59. The lowest BCUT2D eigenvalue weighted by Crippen LogP contribution is -2.23. The zero-order valence-electron chi connectivity index (χ0n) is 10.9. The minimum absolute atomic E-state index is 0.979. The van der Waals surface area contributed by atoms with Gasteiger partial charge in [0.15, 0.2) is 0 Å². The van der Waals surface area contributed by atoms with Crippen molar-refractivity contribution in [2.45, 2.75) is 13.0 Å². The van der Waals surface area contributed by atoms with Gasteiger partial charge in [-0.25, -0.2) is 4.98 Å². The fourth-order valence-corrected chi connectivity index (χ4v) is 3.38. The fraction of sp³-hybridized carbons (Fsp3) is 0.188. The molecule has 100 valence electrons. The smallest absolute Gasteiger partial charge is 0.127 e. The van der Waals surface area contributed by atoms with Gasteiger partial charge in [0.1, 0.15) is 11.3 Å². The lowest BCUT2D eigenvalue weighted by molar-refractivity contribution is 0.568. The van der Waals surface area contributed by atoms with E-state index in [0.717, 1.165) is 35.8 Å². The molecule has 0 bridgehead atoms. The van der Waals surface area contributed by atoms with Crippen LogP contribution in [0.1, 0.15) is 11.1 Å². The number of hydrogen-bond donors (Lipinski definition) is 1. The van der Waals surface area contributed by atoms with E-state index in [2.05, 4.69) is 28.9 Å². The summed E-state index contributed by atoms with van der Waals surface area (Å²) in [6.45, 7) is 2.04. The monoisotopic (exact) mass is 282 g/mol. The summed E-state index contributed by atoms with van der Waals surface area (Å²) in [5.41, 5.74) is 6.15. The van der Waals surface area contributed by atoms with Gasteiger partial charge in [0.25, 0.3) is 0 Å². The van der Waals surface area contributed by atoms with E-state index >= 15 is 0 Å². The quantitative estimate of drug-likeness (QED) is 0.778. The van der Waals surface area contributed by atoms with Crippen molar-refractivity contribution in [3.8, 4) is 21.8 Å². The SMILES string of the molecule is c1cc(-c2nc(-c3ccc4c(c3)CCNC4)cs2)co1. The van der Waals surface area contributed by atoms with E-state index in [9.17, 15) is 0 Å². The molecule has 0 radical (unpaired) electrons. The van der Waals surface area contributed by atoms with Gasteiger partial charge in [0, 0.05) is 23.1 Å². The number of nitrogens with one attached hydrogen (secondary N) is 1. The maximum absolute atomic E-state index is 5.12. The lowest BCUT2D eigenvalue weighted by Gasteiger charge is -2.17. The fourth-order valence-electron chi connectivity index (χ4n) is 2.56. The molecular weight excluding hydrogens is 268 g/mol. The molecule has 0 unspecified atom stereocenters.